The summed E-state index contributed by atoms with van der Waals surface area (Å²) < 4.78 is 43.9. The van der Waals surface area contributed by atoms with Gasteiger partial charge in [-0.3, -0.25) is 13.7 Å². The van der Waals surface area contributed by atoms with Gasteiger partial charge in [-0.15, -0.1) is 0 Å². The van der Waals surface area contributed by atoms with Crippen LogP contribution in [0.5, 0.6) is 0 Å². The standard InChI is InChI=1S/C6H15O15P3.3Na/c7-1-2(8)5(20-23(13,14)15)6(21-24(16,17)18)3(9)4(1)19-22(10,11)12;;;/h1-9H,(H2,10,11,12)(H2,13,14,15)(H2,16,17,18);;;/q;3*+1/p-3/t1-,2+,3+,4-,5-,6-;;;/m0.../s1. The Morgan fingerprint density at radius 1 is 0.556 bits per heavy atom. The Bertz CT molecular complexity index is 587. The Kier molecular flexibility index (Phi) is 16.8. The molecular formula is C6H12Na3O15P3. The summed E-state index contributed by atoms with van der Waals surface area (Å²) >= 11 is 0. The molecule has 1 saturated carbocycles. The average molecular weight is 486 g/mol. The SMILES string of the molecule is O=P([O-])(O)O[C@@H]1[C@@H](O)[C@H](OP(=O)([O-])O)[C@@H](OP(=O)([O-])O)[C@H](O)[C@@H]1O.[Na+].[Na+].[Na+]. The number of hydrogen-bond donors (Lipinski definition) is 6. The first kappa shape index (κ1) is 34.8. The van der Waals surface area contributed by atoms with E-state index in [1.54, 1.807) is 0 Å². The minimum absolute atomic E-state index is 0. The number of phosphoric ester groups is 3. The number of rotatable bonds is 6. The van der Waals surface area contributed by atoms with E-state index in [1.165, 1.54) is 0 Å². The van der Waals surface area contributed by atoms with Gasteiger partial charge in [0, 0.05) is 0 Å². The molecule has 0 saturated heterocycles. The Morgan fingerprint density at radius 3 is 1.07 bits per heavy atom. The van der Waals surface area contributed by atoms with E-state index in [9.17, 15) is 43.7 Å². The molecule has 0 aliphatic heterocycles. The maximum atomic E-state index is 10.8. The van der Waals surface area contributed by atoms with Gasteiger partial charge in [0.1, 0.15) is 36.6 Å². The van der Waals surface area contributed by atoms with Crippen molar-refractivity contribution < 1.29 is 161 Å². The molecule has 15 nitrogen and oxygen atoms in total. The second-order valence-corrected chi connectivity index (χ2v) is 8.03. The molecule has 0 spiro atoms. The molecule has 1 aliphatic carbocycles. The van der Waals surface area contributed by atoms with Crippen LogP contribution in [0, 0.1) is 0 Å². The van der Waals surface area contributed by atoms with Crippen LogP contribution >= 0.6 is 23.5 Å². The molecule has 0 heterocycles. The van der Waals surface area contributed by atoms with Crippen molar-refractivity contribution >= 4 is 23.5 Å². The molecule has 1 rings (SSSR count). The van der Waals surface area contributed by atoms with Crippen LogP contribution < -0.4 is 103 Å². The van der Waals surface area contributed by atoms with Gasteiger partial charge in [-0.1, -0.05) is 0 Å². The average Bonchev–Trinajstić information content (AvgIpc) is 2.32. The summed E-state index contributed by atoms with van der Waals surface area (Å²) in [5.41, 5.74) is 0. The minimum atomic E-state index is -5.72. The van der Waals surface area contributed by atoms with Crippen molar-refractivity contribution in [1.82, 2.24) is 0 Å². The maximum Gasteiger partial charge on any atom is 1.00 e. The van der Waals surface area contributed by atoms with Crippen LogP contribution in [0.25, 0.3) is 0 Å². The molecule has 0 aromatic carbocycles. The molecular weight excluding hydrogens is 474 g/mol. The summed E-state index contributed by atoms with van der Waals surface area (Å²) in [6.07, 6.45) is -15.0. The molecule has 0 radical (unpaired) electrons. The predicted molar refractivity (Wildman–Crippen MR) is 62.1 cm³/mol. The van der Waals surface area contributed by atoms with Gasteiger partial charge in [-0.25, -0.2) is 0 Å². The predicted octanol–water partition coefficient (Wildman–Crippen LogP) is -14.4. The second kappa shape index (κ2) is 13.0. The van der Waals surface area contributed by atoms with Crippen molar-refractivity contribution in [3.8, 4) is 0 Å². The first-order chi connectivity index (χ1) is 10.5. The van der Waals surface area contributed by atoms with E-state index in [0.717, 1.165) is 0 Å². The van der Waals surface area contributed by atoms with Crippen LogP contribution in [0.3, 0.4) is 0 Å². The van der Waals surface area contributed by atoms with Gasteiger partial charge < -0.3 is 58.3 Å². The molecule has 6 N–H and O–H groups in total. The van der Waals surface area contributed by atoms with Crippen molar-refractivity contribution in [2.75, 3.05) is 0 Å². The molecule has 0 bridgehead atoms. The van der Waals surface area contributed by atoms with Crippen LogP contribution in [0.15, 0.2) is 0 Å². The smallest absolute Gasteiger partial charge is 0.756 e. The van der Waals surface area contributed by atoms with Crippen molar-refractivity contribution in [1.29, 1.82) is 0 Å². The zero-order chi connectivity index (χ0) is 19.1. The first-order valence-electron chi connectivity index (χ1n) is 5.72. The minimum Gasteiger partial charge on any atom is -0.756 e. The fourth-order valence-electron chi connectivity index (χ4n) is 2.00. The maximum absolute atomic E-state index is 10.8. The van der Waals surface area contributed by atoms with Gasteiger partial charge in [0.05, 0.1) is 0 Å². The Labute approximate surface area is 218 Å². The summed E-state index contributed by atoms with van der Waals surface area (Å²) in [5, 5.41) is 29.1. The summed E-state index contributed by atoms with van der Waals surface area (Å²) in [6.45, 7) is 0. The zero-order valence-corrected chi connectivity index (χ0v) is 22.8. The summed E-state index contributed by atoms with van der Waals surface area (Å²) in [7, 11) is -17.0. The summed E-state index contributed by atoms with van der Waals surface area (Å²) in [4.78, 5) is 58.0. The number of aliphatic hydroxyl groups excluding tert-OH is 3. The second-order valence-electron chi connectivity index (χ2n) is 4.59. The van der Waals surface area contributed by atoms with Crippen LogP contribution in [-0.4, -0.2) is 66.6 Å². The number of aliphatic hydroxyl groups is 3. The summed E-state index contributed by atoms with van der Waals surface area (Å²) in [6, 6.07) is 0. The van der Waals surface area contributed by atoms with Crippen molar-refractivity contribution in [3.05, 3.63) is 0 Å². The largest absolute Gasteiger partial charge is 1.00 e. The molecule has 21 heteroatoms. The van der Waals surface area contributed by atoms with Gasteiger partial charge in [-0.05, 0) is 0 Å². The molecule has 0 amide bonds. The monoisotopic (exact) mass is 486 g/mol. The molecule has 27 heavy (non-hydrogen) atoms. The zero-order valence-electron chi connectivity index (χ0n) is 14.2. The third-order valence-corrected chi connectivity index (χ3v) is 4.31. The third kappa shape index (κ3) is 12.1. The van der Waals surface area contributed by atoms with E-state index in [4.69, 9.17) is 14.7 Å². The van der Waals surface area contributed by atoms with E-state index in [0.29, 0.717) is 0 Å². The van der Waals surface area contributed by atoms with E-state index >= 15 is 0 Å². The molecule has 144 valence electrons. The van der Waals surface area contributed by atoms with Gasteiger partial charge >= 0.3 is 88.7 Å². The van der Waals surface area contributed by atoms with E-state index < -0.39 is 60.1 Å². The van der Waals surface area contributed by atoms with Crippen LogP contribution in [-0.2, 0) is 27.3 Å². The van der Waals surface area contributed by atoms with Gasteiger partial charge in [0.25, 0.3) is 23.5 Å². The van der Waals surface area contributed by atoms with Crippen LogP contribution in [0.2, 0.25) is 0 Å². The number of hydrogen-bond acceptors (Lipinski definition) is 12. The fourth-order valence-corrected chi connectivity index (χ4v) is 3.66. The van der Waals surface area contributed by atoms with E-state index in [2.05, 4.69) is 13.6 Å². The molecule has 0 aromatic heterocycles. The van der Waals surface area contributed by atoms with Gasteiger partial charge in [0.2, 0.25) is 0 Å². The van der Waals surface area contributed by atoms with E-state index in [1.807, 2.05) is 0 Å². The van der Waals surface area contributed by atoms with Gasteiger partial charge in [0.15, 0.2) is 0 Å². The van der Waals surface area contributed by atoms with Gasteiger partial charge in [-0.2, -0.15) is 0 Å². The normalized spacial score (nSPS) is 37.2. The fraction of sp³-hybridized carbons (Fsp3) is 1.00. The quantitative estimate of drug-likeness (QED) is 0.150. The van der Waals surface area contributed by atoms with Crippen molar-refractivity contribution in [3.63, 3.8) is 0 Å². The molecule has 9 atom stereocenters. The Morgan fingerprint density at radius 2 is 0.778 bits per heavy atom. The van der Waals surface area contributed by atoms with Crippen molar-refractivity contribution in [2.24, 2.45) is 0 Å². The molecule has 3 unspecified atom stereocenters. The van der Waals surface area contributed by atoms with E-state index in [-0.39, 0.29) is 88.7 Å². The Balaban J connectivity index is -0.00000192. The van der Waals surface area contributed by atoms with Crippen molar-refractivity contribution in [2.45, 2.75) is 36.6 Å². The molecule has 0 aromatic rings. The molecule has 1 fully saturated rings. The topological polar surface area (TPSA) is 269 Å². The third-order valence-electron chi connectivity index (χ3n) is 2.78. The molecule has 1 aliphatic rings. The van der Waals surface area contributed by atoms with Crippen LogP contribution in [0.1, 0.15) is 0 Å². The Hall–Kier alpha value is 3.21. The van der Waals surface area contributed by atoms with Crippen LogP contribution in [0.4, 0.5) is 0 Å². The first-order valence-corrected chi connectivity index (χ1v) is 10.2. The number of phosphoric acid groups is 3. The summed E-state index contributed by atoms with van der Waals surface area (Å²) in [5.74, 6) is 0.